The minimum Gasteiger partial charge on any atom is -0.497 e. The normalized spacial score (nSPS) is 10.5. The van der Waals surface area contributed by atoms with Gasteiger partial charge in [-0.05, 0) is 35.9 Å². The number of rotatable bonds is 8. The Morgan fingerprint density at radius 1 is 1.03 bits per heavy atom. The van der Waals surface area contributed by atoms with E-state index in [9.17, 15) is 9.59 Å². The predicted molar refractivity (Wildman–Crippen MR) is 110 cm³/mol. The first-order valence-electron chi connectivity index (χ1n) is 9.09. The van der Waals surface area contributed by atoms with E-state index in [0.29, 0.717) is 11.4 Å². The molecule has 0 bridgehead atoms. The van der Waals surface area contributed by atoms with E-state index in [2.05, 4.69) is 15.7 Å². The Morgan fingerprint density at radius 3 is 2.33 bits per heavy atom. The van der Waals surface area contributed by atoms with Gasteiger partial charge in [-0.3, -0.25) is 4.79 Å². The Bertz CT molecular complexity index is 1010. The summed E-state index contributed by atoms with van der Waals surface area (Å²) in [4.78, 5) is 23.1. The van der Waals surface area contributed by atoms with Crippen LogP contribution in [0.4, 0.5) is 4.79 Å². The molecule has 3 rings (SSSR count). The summed E-state index contributed by atoms with van der Waals surface area (Å²) in [6.45, 7) is 0.285. The van der Waals surface area contributed by atoms with E-state index in [0.717, 1.165) is 16.8 Å². The third kappa shape index (κ3) is 4.95. The molecule has 2 aromatic carbocycles. The first-order valence-corrected chi connectivity index (χ1v) is 9.09. The molecule has 0 unspecified atom stereocenters. The fourth-order valence-electron chi connectivity index (χ4n) is 2.82. The minimum atomic E-state index is -1.08. The number of aromatic nitrogens is 2. The first kappa shape index (κ1) is 20.9. The molecule has 156 valence electrons. The molecule has 0 aliphatic carbocycles. The van der Waals surface area contributed by atoms with Crippen molar-refractivity contribution in [3.05, 3.63) is 65.9 Å². The molecule has 0 aliphatic heterocycles. The molecule has 3 N–H and O–H groups in total. The lowest BCUT2D eigenvalue weighted by Gasteiger charge is -2.09. The second-order valence-electron chi connectivity index (χ2n) is 6.32. The van der Waals surface area contributed by atoms with Gasteiger partial charge in [0.15, 0.2) is 5.69 Å². The van der Waals surface area contributed by atoms with Gasteiger partial charge in [-0.15, -0.1) is 0 Å². The highest BCUT2D eigenvalue weighted by atomic mass is 16.5. The maximum absolute atomic E-state index is 12.4. The molecule has 1 heterocycles. The monoisotopic (exact) mass is 410 g/mol. The fraction of sp³-hybridized carbons (Fsp3) is 0.190. The van der Waals surface area contributed by atoms with Crippen molar-refractivity contribution < 1.29 is 24.2 Å². The van der Waals surface area contributed by atoms with E-state index < -0.39 is 6.09 Å². The molecular weight excluding hydrogens is 388 g/mol. The van der Waals surface area contributed by atoms with Crippen molar-refractivity contribution in [2.24, 2.45) is 0 Å². The molecule has 1 aromatic heterocycles. The van der Waals surface area contributed by atoms with Gasteiger partial charge in [0.2, 0.25) is 0 Å². The largest absolute Gasteiger partial charge is 0.497 e. The SMILES string of the molecule is COCNC(=O)c1cc(-c2ccc(CNC(=O)O)cc2)n(-c2ccc(OC)cc2)n1. The van der Waals surface area contributed by atoms with Crippen LogP contribution in [0.5, 0.6) is 5.75 Å². The van der Waals surface area contributed by atoms with Crippen LogP contribution in [0.2, 0.25) is 0 Å². The molecule has 0 spiro atoms. The van der Waals surface area contributed by atoms with Gasteiger partial charge in [0.1, 0.15) is 12.5 Å². The van der Waals surface area contributed by atoms with Crippen molar-refractivity contribution >= 4 is 12.0 Å². The topological polar surface area (TPSA) is 115 Å². The van der Waals surface area contributed by atoms with Gasteiger partial charge < -0.3 is 25.2 Å². The smallest absolute Gasteiger partial charge is 0.404 e. The van der Waals surface area contributed by atoms with Crippen molar-refractivity contribution in [2.45, 2.75) is 6.54 Å². The van der Waals surface area contributed by atoms with Crippen molar-refractivity contribution in [2.75, 3.05) is 21.0 Å². The number of carboxylic acid groups (broad SMARTS) is 1. The predicted octanol–water partition coefficient (Wildman–Crippen LogP) is 2.65. The number of nitrogens with one attached hydrogen (secondary N) is 2. The molecule has 3 aromatic rings. The molecule has 0 saturated carbocycles. The average Bonchev–Trinajstić information content (AvgIpc) is 3.22. The second-order valence-corrected chi connectivity index (χ2v) is 6.32. The molecule has 0 atom stereocenters. The van der Waals surface area contributed by atoms with Gasteiger partial charge in [0.05, 0.1) is 18.5 Å². The Balaban J connectivity index is 1.97. The Hall–Kier alpha value is -3.85. The third-order valence-electron chi connectivity index (χ3n) is 4.33. The number of carbonyl (C=O) groups excluding carboxylic acids is 1. The van der Waals surface area contributed by atoms with Crippen molar-refractivity contribution in [1.29, 1.82) is 0 Å². The summed E-state index contributed by atoms with van der Waals surface area (Å²) in [6, 6.07) is 16.4. The molecule has 0 fully saturated rings. The minimum absolute atomic E-state index is 0.0782. The van der Waals surface area contributed by atoms with Crippen molar-refractivity contribution in [3.8, 4) is 22.7 Å². The van der Waals surface area contributed by atoms with E-state index in [1.165, 1.54) is 7.11 Å². The highest BCUT2D eigenvalue weighted by molar-refractivity contribution is 5.93. The summed E-state index contributed by atoms with van der Waals surface area (Å²) in [5.74, 6) is 0.355. The molecular formula is C21H22N4O5. The number of carbonyl (C=O) groups is 2. The van der Waals surface area contributed by atoms with Crippen molar-refractivity contribution in [1.82, 2.24) is 20.4 Å². The number of ether oxygens (including phenoxy) is 2. The molecule has 2 amide bonds. The van der Waals surface area contributed by atoms with Crippen LogP contribution in [0.3, 0.4) is 0 Å². The summed E-state index contributed by atoms with van der Waals surface area (Å²) < 4.78 is 11.8. The van der Waals surface area contributed by atoms with Crippen LogP contribution in [0.1, 0.15) is 16.1 Å². The van der Waals surface area contributed by atoms with Gasteiger partial charge in [-0.25, -0.2) is 9.48 Å². The lowest BCUT2D eigenvalue weighted by Crippen LogP contribution is -2.25. The van der Waals surface area contributed by atoms with Crippen LogP contribution in [0.15, 0.2) is 54.6 Å². The van der Waals surface area contributed by atoms with Gasteiger partial charge in [-0.1, -0.05) is 24.3 Å². The number of nitrogens with zero attached hydrogens (tertiary/aromatic N) is 2. The molecule has 0 aliphatic rings. The molecule has 9 heteroatoms. The zero-order chi connectivity index (χ0) is 21.5. The van der Waals surface area contributed by atoms with Crippen LogP contribution in [-0.2, 0) is 11.3 Å². The Morgan fingerprint density at radius 2 is 1.73 bits per heavy atom. The first-order chi connectivity index (χ1) is 14.5. The van der Waals surface area contributed by atoms with Gasteiger partial charge in [-0.2, -0.15) is 5.10 Å². The second kappa shape index (κ2) is 9.57. The molecule has 0 saturated heterocycles. The Kier molecular flexibility index (Phi) is 6.66. The summed E-state index contributed by atoms with van der Waals surface area (Å²) in [5, 5.41) is 18.2. The van der Waals surface area contributed by atoms with E-state index in [4.69, 9.17) is 14.6 Å². The third-order valence-corrected chi connectivity index (χ3v) is 4.33. The van der Waals surface area contributed by atoms with E-state index in [-0.39, 0.29) is 24.9 Å². The van der Waals surface area contributed by atoms with Gasteiger partial charge in [0.25, 0.3) is 5.91 Å². The quantitative estimate of drug-likeness (QED) is 0.492. The van der Waals surface area contributed by atoms with E-state index in [1.54, 1.807) is 17.9 Å². The molecule has 0 radical (unpaired) electrons. The zero-order valence-electron chi connectivity index (χ0n) is 16.6. The maximum Gasteiger partial charge on any atom is 0.404 e. The van der Waals surface area contributed by atoms with E-state index >= 15 is 0 Å². The van der Waals surface area contributed by atoms with Crippen LogP contribution < -0.4 is 15.4 Å². The summed E-state index contributed by atoms with van der Waals surface area (Å²) in [6.07, 6.45) is -1.08. The molecule has 30 heavy (non-hydrogen) atoms. The van der Waals surface area contributed by atoms with Gasteiger partial charge >= 0.3 is 6.09 Å². The van der Waals surface area contributed by atoms with Crippen LogP contribution >= 0.6 is 0 Å². The highest BCUT2D eigenvalue weighted by Gasteiger charge is 2.17. The standard InChI is InChI=1S/C21H22N4O5/c1-29-13-23-20(26)18-11-19(15-5-3-14(4-6-15)12-22-21(27)28)25(24-18)16-7-9-17(30-2)10-8-16/h3-11,22H,12-13H2,1-2H3,(H,23,26)(H,27,28). The fourth-order valence-corrected chi connectivity index (χ4v) is 2.82. The lowest BCUT2D eigenvalue weighted by atomic mass is 10.1. The van der Waals surface area contributed by atoms with Gasteiger partial charge in [0, 0.05) is 19.2 Å². The molecule has 9 nitrogen and oxygen atoms in total. The zero-order valence-corrected chi connectivity index (χ0v) is 16.6. The summed E-state index contributed by atoms with van der Waals surface area (Å²) in [5.41, 5.74) is 3.35. The number of amides is 2. The van der Waals surface area contributed by atoms with Crippen LogP contribution in [0.25, 0.3) is 16.9 Å². The highest BCUT2D eigenvalue weighted by Crippen LogP contribution is 2.26. The number of methoxy groups -OCH3 is 2. The maximum atomic E-state index is 12.4. The average molecular weight is 410 g/mol. The number of hydrogen-bond donors (Lipinski definition) is 3. The Labute approximate surface area is 173 Å². The van der Waals surface area contributed by atoms with Crippen molar-refractivity contribution in [3.63, 3.8) is 0 Å². The lowest BCUT2D eigenvalue weighted by molar-refractivity contribution is 0.0866. The number of hydrogen-bond acceptors (Lipinski definition) is 5. The summed E-state index contributed by atoms with van der Waals surface area (Å²) >= 11 is 0. The number of benzene rings is 2. The summed E-state index contributed by atoms with van der Waals surface area (Å²) in [7, 11) is 3.08. The van der Waals surface area contributed by atoms with Crippen LogP contribution in [0, 0.1) is 0 Å². The van der Waals surface area contributed by atoms with Crippen LogP contribution in [-0.4, -0.2) is 47.8 Å². The van der Waals surface area contributed by atoms with E-state index in [1.807, 2.05) is 48.5 Å².